The van der Waals surface area contributed by atoms with Gasteiger partial charge in [0.15, 0.2) is 0 Å². The molecular formula is C15H15BrOS. The minimum absolute atomic E-state index is 0.313. The molecule has 0 aliphatic rings. The van der Waals surface area contributed by atoms with E-state index in [1.807, 2.05) is 23.6 Å². The van der Waals surface area contributed by atoms with Crippen LogP contribution in [0.15, 0.2) is 40.2 Å². The molecule has 1 heterocycles. The van der Waals surface area contributed by atoms with E-state index in [1.54, 1.807) is 11.3 Å². The highest BCUT2D eigenvalue weighted by molar-refractivity contribution is 9.10. The monoisotopic (exact) mass is 322 g/mol. The highest BCUT2D eigenvalue weighted by Crippen LogP contribution is 2.21. The van der Waals surface area contributed by atoms with Gasteiger partial charge in [-0.1, -0.05) is 24.3 Å². The summed E-state index contributed by atoms with van der Waals surface area (Å²) in [6, 6.07) is 10.3. The molecule has 0 atom stereocenters. The van der Waals surface area contributed by atoms with Gasteiger partial charge in [-0.2, -0.15) is 0 Å². The summed E-state index contributed by atoms with van der Waals surface area (Å²) < 4.78 is 1.06. The lowest BCUT2D eigenvalue weighted by atomic mass is 10.0. The fourth-order valence-electron chi connectivity index (χ4n) is 1.89. The third-order valence-electron chi connectivity index (χ3n) is 2.93. The third kappa shape index (κ3) is 3.79. The second-order valence-corrected chi connectivity index (χ2v) is 6.28. The molecular weight excluding hydrogens is 308 g/mol. The maximum Gasteiger partial charge on any atom is 0.138 e. The maximum absolute atomic E-state index is 11.9. The number of Topliss-reactive ketones (excluding diaryl/α,β-unsaturated/α-hetero) is 1. The number of aryl methyl sites for hydroxylation is 2. The van der Waals surface area contributed by atoms with E-state index in [4.69, 9.17) is 0 Å². The van der Waals surface area contributed by atoms with E-state index >= 15 is 0 Å². The zero-order valence-electron chi connectivity index (χ0n) is 10.3. The summed E-state index contributed by atoms with van der Waals surface area (Å²) in [4.78, 5) is 13.0. The number of benzene rings is 1. The quantitative estimate of drug-likeness (QED) is 0.788. The van der Waals surface area contributed by atoms with Crippen LogP contribution in [0.2, 0.25) is 0 Å². The van der Waals surface area contributed by atoms with Gasteiger partial charge in [0, 0.05) is 27.6 Å². The Morgan fingerprint density at radius 3 is 2.78 bits per heavy atom. The van der Waals surface area contributed by atoms with Gasteiger partial charge in [-0.3, -0.25) is 4.79 Å². The first-order valence-corrected chi connectivity index (χ1v) is 7.61. The SMILES string of the molecule is Cc1ccccc1CCC(=O)Cc1cc(Br)cs1. The maximum atomic E-state index is 11.9. The first kappa shape index (κ1) is 13.5. The zero-order chi connectivity index (χ0) is 13.0. The number of hydrogen-bond donors (Lipinski definition) is 0. The van der Waals surface area contributed by atoms with E-state index in [0.29, 0.717) is 18.6 Å². The molecule has 0 amide bonds. The van der Waals surface area contributed by atoms with Gasteiger partial charge in [-0.15, -0.1) is 11.3 Å². The van der Waals surface area contributed by atoms with Crippen molar-refractivity contribution in [2.24, 2.45) is 0 Å². The number of thiophene rings is 1. The van der Waals surface area contributed by atoms with E-state index in [0.717, 1.165) is 15.8 Å². The molecule has 1 aromatic heterocycles. The smallest absolute Gasteiger partial charge is 0.138 e. The summed E-state index contributed by atoms with van der Waals surface area (Å²) in [7, 11) is 0. The fourth-order valence-corrected chi connectivity index (χ4v) is 3.37. The Labute approximate surface area is 120 Å². The van der Waals surface area contributed by atoms with Crippen molar-refractivity contribution < 1.29 is 4.79 Å². The molecule has 0 N–H and O–H groups in total. The molecule has 0 aliphatic heterocycles. The van der Waals surface area contributed by atoms with Crippen LogP contribution < -0.4 is 0 Å². The van der Waals surface area contributed by atoms with Crippen molar-refractivity contribution in [1.82, 2.24) is 0 Å². The highest BCUT2D eigenvalue weighted by atomic mass is 79.9. The van der Waals surface area contributed by atoms with Gasteiger partial charge in [-0.25, -0.2) is 0 Å². The molecule has 0 saturated carbocycles. The summed E-state index contributed by atoms with van der Waals surface area (Å²) in [6.45, 7) is 2.09. The van der Waals surface area contributed by atoms with Gasteiger partial charge in [-0.05, 0) is 46.5 Å². The van der Waals surface area contributed by atoms with Crippen LogP contribution >= 0.6 is 27.3 Å². The molecule has 2 aromatic rings. The van der Waals surface area contributed by atoms with Crippen LogP contribution in [0.3, 0.4) is 0 Å². The molecule has 0 saturated heterocycles. The number of carbonyl (C=O) groups excluding carboxylic acids is 1. The second-order valence-electron chi connectivity index (χ2n) is 4.37. The molecule has 2 rings (SSSR count). The molecule has 3 heteroatoms. The van der Waals surface area contributed by atoms with Gasteiger partial charge in [0.2, 0.25) is 0 Å². The third-order valence-corrected chi connectivity index (χ3v) is 4.63. The lowest BCUT2D eigenvalue weighted by molar-refractivity contribution is -0.118. The van der Waals surface area contributed by atoms with E-state index in [1.165, 1.54) is 11.1 Å². The normalized spacial score (nSPS) is 10.6. The predicted octanol–water partition coefficient (Wildman–Crippen LogP) is 4.56. The number of hydrogen-bond acceptors (Lipinski definition) is 2. The molecule has 0 bridgehead atoms. The summed E-state index contributed by atoms with van der Waals surface area (Å²) in [6.07, 6.45) is 2.03. The molecule has 18 heavy (non-hydrogen) atoms. The van der Waals surface area contributed by atoms with Crippen molar-refractivity contribution in [2.45, 2.75) is 26.2 Å². The van der Waals surface area contributed by atoms with Crippen molar-refractivity contribution in [3.05, 3.63) is 56.2 Å². The standard InChI is InChI=1S/C15H15BrOS/c1-11-4-2-3-5-12(11)6-7-14(17)9-15-8-13(16)10-18-15/h2-5,8,10H,6-7,9H2,1H3. The number of ketones is 1. The Morgan fingerprint density at radius 2 is 2.11 bits per heavy atom. The summed E-state index contributed by atoms with van der Waals surface area (Å²) in [5, 5.41) is 2.02. The van der Waals surface area contributed by atoms with Crippen LogP contribution in [0, 0.1) is 6.92 Å². The first-order chi connectivity index (χ1) is 8.65. The Morgan fingerprint density at radius 1 is 1.33 bits per heavy atom. The molecule has 1 aromatic carbocycles. The van der Waals surface area contributed by atoms with Crippen LogP contribution in [-0.4, -0.2) is 5.78 Å². The van der Waals surface area contributed by atoms with Crippen LogP contribution in [0.1, 0.15) is 22.4 Å². The minimum Gasteiger partial charge on any atom is -0.299 e. The lowest BCUT2D eigenvalue weighted by Gasteiger charge is -2.04. The van der Waals surface area contributed by atoms with Gasteiger partial charge < -0.3 is 0 Å². The van der Waals surface area contributed by atoms with Crippen LogP contribution in [0.25, 0.3) is 0 Å². The van der Waals surface area contributed by atoms with Crippen molar-refractivity contribution in [2.75, 3.05) is 0 Å². The van der Waals surface area contributed by atoms with Gasteiger partial charge in [0.25, 0.3) is 0 Å². The van der Waals surface area contributed by atoms with Crippen molar-refractivity contribution in [1.29, 1.82) is 0 Å². The summed E-state index contributed by atoms with van der Waals surface area (Å²) in [5.74, 6) is 0.313. The second kappa shape index (κ2) is 6.30. The predicted molar refractivity (Wildman–Crippen MR) is 80.2 cm³/mol. The fraction of sp³-hybridized carbons (Fsp3) is 0.267. The summed E-state index contributed by atoms with van der Waals surface area (Å²) in [5.41, 5.74) is 2.54. The van der Waals surface area contributed by atoms with E-state index in [9.17, 15) is 4.79 Å². The van der Waals surface area contributed by atoms with E-state index < -0.39 is 0 Å². The van der Waals surface area contributed by atoms with Crippen molar-refractivity contribution >= 4 is 33.0 Å². The average Bonchev–Trinajstić information content (AvgIpc) is 2.74. The van der Waals surface area contributed by atoms with E-state index in [2.05, 4.69) is 35.0 Å². The molecule has 1 nitrogen and oxygen atoms in total. The topological polar surface area (TPSA) is 17.1 Å². The number of carbonyl (C=O) groups is 1. The number of halogens is 1. The Kier molecular flexibility index (Phi) is 4.72. The number of rotatable bonds is 5. The molecule has 0 aliphatic carbocycles. The summed E-state index contributed by atoms with van der Waals surface area (Å²) >= 11 is 5.04. The van der Waals surface area contributed by atoms with Crippen LogP contribution in [-0.2, 0) is 17.6 Å². The molecule has 94 valence electrons. The average molecular weight is 323 g/mol. The Balaban J connectivity index is 1.87. The largest absolute Gasteiger partial charge is 0.299 e. The first-order valence-electron chi connectivity index (χ1n) is 5.94. The zero-order valence-corrected chi connectivity index (χ0v) is 12.7. The Bertz CT molecular complexity index is 545. The van der Waals surface area contributed by atoms with Gasteiger partial charge >= 0.3 is 0 Å². The van der Waals surface area contributed by atoms with Crippen molar-refractivity contribution in [3.63, 3.8) is 0 Å². The van der Waals surface area contributed by atoms with Crippen LogP contribution in [0.4, 0.5) is 0 Å². The van der Waals surface area contributed by atoms with E-state index in [-0.39, 0.29) is 0 Å². The lowest BCUT2D eigenvalue weighted by Crippen LogP contribution is -2.03. The van der Waals surface area contributed by atoms with Crippen LogP contribution in [0.5, 0.6) is 0 Å². The molecule has 0 unspecified atom stereocenters. The molecule has 0 fully saturated rings. The van der Waals surface area contributed by atoms with Gasteiger partial charge in [0.05, 0.1) is 0 Å². The van der Waals surface area contributed by atoms with Crippen molar-refractivity contribution in [3.8, 4) is 0 Å². The molecule has 0 spiro atoms. The molecule has 0 radical (unpaired) electrons. The van der Waals surface area contributed by atoms with Gasteiger partial charge in [0.1, 0.15) is 5.78 Å². The highest BCUT2D eigenvalue weighted by Gasteiger charge is 2.07. The Hall–Kier alpha value is -0.930. The minimum atomic E-state index is 0.313.